The number of alkyl halides is 6. The van der Waals surface area contributed by atoms with Crippen molar-refractivity contribution in [3.05, 3.63) is 23.5 Å². The third-order valence-electron chi connectivity index (χ3n) is 3.79. The van der Waals surface area contributed by atoms with Crippen LogP contribution in [0, 0.1) is 12.7 Å². The second-order valence-corrected chi connectivity index (χ2v) is 8.52. The lowest BCUT2D eigenvalue weighted by atomic mass is 10.2. The van der Waals surface area contributed by atoms with Gasteiger partial charge in [0.15, 0.2) is 5.50 Å². The molecule has 2 unspecified atom stereocenters. The molecule has 0 N–H and O–H groups in total. The Morgan fingerprint density at radius 3 is 2.36 bits per heavy atom. The van der Waals surface area contributed by atoms with Crippen LogP contribution in [0.25, 0.3) is 0 Å². The Morgan fingerprint density at radius 1 is 1.21 bits per heavy atom. The fourth-order valence-electron chi connectivity index (χ4n) is 2.63. The van der Waals surface area contributed by atoms with E-state index in [4.69, 9.17) is 0 Å². The quantitative estimate of drug-likeness (QED) is 0.640. The largest absolute Gasteiger partial charge is 0.406 e. The summed E-state index contributed by atoms with van der Waals surface area (Å²) in [6.45, 7) is -0.269. The van der Waals surface area contributed by atoms with E-state index in [0.717, 1.165) is 28.8 Å². The average Bonchev–Trinajstić information content (AvgIpc) is 2.84. The van der Waals surface area contributed by atoms with E-state index in [-0.39, 0.29) is 21.9 Å². The van der Waals surface area contributed by atoms with E-state index >= 15 is 0 Å². The van der Waals surface area contributed by atoms with Crippen LogP contribution in [-0.2, 0) is 15.6 Å². The highest BCUT2D eigenvalue weighted by atomic mass is 32.2. The van der Waals surface area contributed by atoms with Gasteiger partial charge in [0.2, 0.25) is 5.91 Å². The fourth-order valence-corrected chi connectivity index (χ4v) is 4.91. The summed E-state index contributed by atoms with van der Waals surface area (Å²) in [6, 6.07) is 1.78. The van der Waals surface area contributed by atoms with Gasteiger partial charge in [-0.25, -0.2) is 4.39 Å². The number of thioether (sulfide) groups is 1. The fraction of sp³-hybridized carbons (Fsp3) is 0.533. The van der Waals surface area contributed by atoms with Crippen LogP contribution < -0.4 is 4.90 Å². The monoisotopic (exact) mass is 452 g/mol. The zero-order valence-electron chi connectivity index (χ0n) is 14.5. The van der Waals surface area contributed by atoms with Crippen LogP contribution >= 0.6 is 11.8 Å². The van der Waals surface area contributed by atoms with Gasteiger partial charge in [-0.05, 0) is 24.6 Å². The molecule has 0 spiro atoms. The maximum Gasteiger partial charge on any atom is 0.406 e. The van der Waals surface area contributed by atoms with Gasteiger partial charge in [0.25, 0.3) is 0 Å². The van der Waals surface area contributed by atoms with Gasteiger partial charge in [0, 0.05) is 11.9 Å². The first-order chi connectivity index (χ1) is 12.7. The van der Waals surface area contributed by atoms with Crippen LogP contribution in [0.3, 0.4) is 0 Å². The van der Waals surface area contributed by atoms with Crippen LogP contribution in [0.5, 0.6) is 0 Å². The first-order valence-electron chi connectivity index (χ1n) is 7.65. The van der Waals surface area contributed by atoms with Crippen LogP contribution in [0.1, 0.15) is 5.56 Å². The van der Waals surface area contributed by atoms with Gasteiger partial charge < -0.3 is 9.80 Å². The van der Waals surface area contributed by atoms with Gasteiger partial charge in [-0.3, -0.25) is 9.00 Å². The maximum atomic E-state index is 14.4. The molecule has 28 heavy (non-hydrogen) atoms. The van der Waals surface area contributed by atoms with E-state index in [1.807, 2.05) is 0 Å². The molecule has 0 aromatic heterocycles. The summed E-state index contributed by atoms with van der Waals surface area (Å²) in [6.07, 6.45) is -9.39. The molecule has 4 nitrogen and oxygen atoms in total. The maximum absolute atomic E-state index is 14.4. The molecule has 1 aromatic rings. The Labute approximate surface area is 162 Å². The summed E-state index contributed by atoms with van der Waals surface area (Å²) in [5.74, 6) is -3.61. The van der Waals surface area contributed by atoms with E-state index in [1.165, 1.54) is 14.0 Å². The number of benzene rings is 1. The number of hydrogen-bond donors (Lipinski definition) is 0. The van der Waals surface area contributed by atoms with Crippen molar-refractivity contribution >= 4 is 34.2 Å². The lowest BCUT2D eigenvalue weighted by molar-refractivity contribution is -0.159. The van der Waals surface area contributed by atoms with Crippen LogP contribution in [0.15, 0.2) is 17.0 Å². The Balaban J connectivity index is 2.37. The van der Waals surface area contributed by atoms with E-state index < -0.39 is 52.7 Å². The van der Waals surface area contributed by atoms with E-state index in [9.17, 15) is 39.7 Å². The van der Waals surface area contributed by atoms with Crippen molar-refractivity contribution < 1.29 is 39.7 Å². The summed E-state index contributed by atoms with van der Waals surface area (Å²) >= 11 is 0.819. The van der Waals surface area contributed by atoms with Gasteiger partial charge in [0.1, 0.15) is 18.1 Å². The molecule has 2 atom stereocenters. The molecule has 0 saturated carbocycles. The minimum atomic E-state index is -4.71. The zero-order valence-corrected chi connectivity index (χ0v) is 16.2. The van der Waals surface area contributed by atoms with E-state index in [0.29, 0.717) is 4.90 Å². The highest BCUT2D eigenvalue weighted by molar-refractivity contribution is 8.01. The van der Waals surface area contributed by atoms with Crippen molar-refractivity contribution in [2.45, 2.75) is 29.7 Å². The minimum absolute atomic E-state index is 0.0135. The summed E-state index contributed by atoms with van der Waals surface area (Å²) in [5, 5.41) is 0. The summed E-state index contributed by atoms with van der Waals surface area (Å²) in [4.78, 5) is 13.0. The molecule has 0 radical (unpaired) electrons. The SMILES string of the molecule is Cc1cc(F)c(N(C)C2SCC(=O)N2CC(F)(F)F)cc1S(=O)CC(F)(F)F. The number of rotatable bonds is 5. The molecule has 1 heterocycles. The number of aryl methyl sites for hydroxylation is 1. The lowest BCUT2D eigenvalue weighted by Gasteiger charge is -2.33. The molecular formula is C15H15F7N2O2S2. The topological polar surface area (TPSA) is 40.6 Å². The van der Waals surface area contributed by atoms with Gasteiger partial charge in [-0.15, -0.1) is 11.8 Å². The Kier molecular flexibility index (Phi) is 6.58. The van der Waals surface area contributed by atoms with Gasteiger partial charge in [-0.2, -0.15) is 26.3 Å². The number of halogens is 7. The van der Waals surface area contributed by atoms with Crippen molar-refractivity contribution in [3.8, 4) is 0 Å². The summed E-state index contributed by atoms with van der Waals surface area (Å²) in [7, 11) is -1.31. The number of hydrogen-bond acceptors (Lipinski definition) is 4. The second-order valence-electron chi connectivity index (χ2n) is 6.06. The molecule has 1 fully saturated rings. The van der Waals surface area contributed by atoms with Crippen LogP contribution in [0.2, 0.25) is 0 Å². The molecular weight excluding hydrogens is 437 g/mol. The number of carbonyl (C=O) groups excluding carboxylic acids is 1. The first-order valence-corrected chi connectivity index (χ1v) is 10.0. The summed E-state index contributed by atoms with van der Waals surface area (Å²) < 4.78 is 102. The Bertz CT molecular complexity index is 783. The standard InChI is InChI=1S/C15H15F7N2O2S2/c1-8-3-9(16)10(4-11(8)28(26)7-15(20,21)22)23(2)13-24(6-14(17,18)19)12(25)5-27-13/h3-4,13H,5-7H2,1-2H3. The normalized spacial score (nSPS) is 19.2. The summed E-state index contributed by atoms with van der Waals surface area (Å²) in [5.41, 5.74) is -1.55. The number of nitrogens with zero attached hydrogens (tertiary/aromatic N) is 2. The van der Waals surface area contributed by atoms with Gasteiger partial charge in [-0.1, -0.05) is 0 Å². The Morgan fingerprint density at radius 2 is 1.82 bits per heavy atom. The van der Waals surface area contributed by atoms with E-state index in [1.54, 1.807) is 0 Å². The first kappa shape index (κ1) is 22.8. The molecule has 2 rings (SSSR count). The zero-order chi connectivity index (χ0) is 21.4. The Hall–Kier alpha value is -1.50. The van der Waals surface area contributed by atoms with Crippen molar-refractivity contribution in [1.29, 1.82) is 0 Å². The lowest BCUT2D eigenvalue weighted by Crippen LogP contribution is -2.47. The molecule has 1 aliphatic heterocycles. The van der Waals surface area contributed by atoms with Crippen molar-refractivity contribution in [2.75, 3.05) is 30.0 Å². The van der Waals surface area contributed by atoms with Crippen LogP contribution in [0.4, 0.5) is 36.4 Å². The van der Waals surface area contributed by atoms with Crippen LogP contribution in [-0.4, -0.2) is 58.0 Å². The molecule has 1 saturated heterocycles. The molecule has 0 aliphatic carbocycles. The number of amides is 1. The van der Waals surface area contributed by atoms with Gasteiger partial charge in [0.05, 0.1) is 22.2 Å². The molecule has 1 amide bonds. The highest BCUT2D eigenvalue weighted by Gasteiger charge is 2.42. The third-order valence-corrected chi connectivity index (χ3v) is 6.59. The van der Waals surface area contributed by atoms with Crippen molar-refractivity contribution in [1.82, 2.24) is 4.90 Å². The molecule has 0 bridgehead atoms. The predicted octanol–water partition coefficient (Wildman–Crippen LogP) is 3.66. The molecule has 1 aliphatic rings. The molecule has 158 valence electrons. The van der Waals surface area contributed by atoms with Crippen molar-refractivity contribution in [3.63, 3.8) is 0 Å². The second kappa shape index (κ2) is 8.09. The number of carbonyl (C=O) groups is 1. The van der Waals surface area contributed by atoms with Gasteiger partial charge >= 0.3 is 12.4 Å². The average molecular weight is 452 g/mol. The molecule has 1 aromatic carbocycles. The minimum Gasteiger partial charge on any atom is -0.343 e. The highest BCUT2D eigenvalue weighted by Crippen LogP contribution is 2.35. The molecule has 13 heteroatoms. The third kappa shape index (κ3) is 5.52. The number of anilines is 1. The van der Waals surface area contributed by atoms with E-state index in [2.05, 4.69) is 0 Å². The van der Waals surface area contributed by atoms with Crippen molar-refractivity contribution in [2.24, 2.45) is 0 Å². The smallest absolute Gasteiger partial charge is 0.343 e. The predicted molar refractivity (Wildman–Crippen MR) is 90.9 cm³/mol.